The summed E-state index contributed by atoms with van der Waals surface area (Å²) < 4.78 is 66.0. The second-order valence-electron chi connectivity index (χ2n) is 7.98. The number of alkyl halides is 4. The summed E-state index contributed by atoms with van der Waals surface area (Å²) in [6, 6.07) is 2.77. The maximum Gasteiger partial charge on any atom is 0.405 e. The minimum Gasteiger partial charge on any atom is -0.360 e. The number of aromatic nitrogens is 4. The highest BCUT2D eigenvalue weighted by Gasteiger charge is 2.40. The topological polar surface area (TPSA) is 83.6 Å². The number of nitrogens with zero attached hydrogens (tertiary/aromatic N) is 3. The van der Waals surface area contributed by atoms with E-state index in [2.05, 4.69) is 25.3 Å². The van der Waals surface area contributed by atoms with Crippen LogP contribution in [-0.4, -0.2) is 44.1 Å². The lowest BCUT2D eigenvalue weighted by Gasteiger charge is -2.38. The summed E-state index contributed by atoms with van der Waals surface area (Å²) in [4.78, 5) is 27.1. The number of ketones is 1. The van der Waals surface area contributed by atoms with E-state index in [0.717, 1.165) is 6.33 Å². The molecule has 31 heavy (non-hydrogen) atoms. The maximum atomic E-state index is 14.6. The SMILES string of the molecule is CC1(F)CC(Cc2ccc(C(=O)c3c[nH]c4ncnc(NCC(F)(F)F)c34)c(F)n2)C1. The zero-order chi connectivity index (χ0) is 22.4. The molecule has 11 heteroatoms. The molecule has 0 aliphatic heterocycles. The number of fused-ring (bicyclic) bond motifs is 1. The minimum atomic E-state index is -4.50. The Kier molecular flexibility index (Phi) is 5.14. The van der Waals surface area contributed by atoms with Gasteiger partial charge in [0.05, 0.1) is 16.5 Å². The van der Waals surface area contributed by atoms with E-state index in [1.165, 1.54) is 25.3 Å². The molecule has 0 bridgehead atoms. The maximum absolute atomic E-state index is 14.6. The molecule has 1 saturated carbocycles. The summed E-state index contributed by atoms with van der Waals surface area (Å²) in [5.41, 5.74) is -1.08. The largest absolute Gasteiger partial charge is 0.405 e. The Labute approximate surface area is 173 Å². The van der Waals surface area contributed by atoms with Crippen molar-refractivity contribution in [2.24, 2.45) is 5.92 Å². The lowest BCUT2D eigenvalue weighted by molar-refractivity contribution is -0.115. The summed E-state index contributed by atoms with van der Waals surface area (Å²) in [7, 11) is 0. The van der Waals surface area contributed by atoms with Gasteiger partial charge in [-0.25, -0.2) is 19.3 Å². The standard InChI is InChI=1S/C20H18F5N5O/c1-19(22)5-10(6-19)4-11-2-3-12(16(21)30-11)15(31)13-7-26-17-14(13)18(29-9-28-17)27-8-20(23,24)25/h2-3,7,9-10H,4-6,8H2,1H3,(H2,26,27,28,29). The molecule has 2 N–H and O–H groups in total. The average molecular weight is 439 g/mol. The fourth-order valence-corrected chi connectivity index (χ4v) is 3.94. The van der Waals surface area contributed by atoms with Crippen molar-refractivity contribution in [2.75, 3.05) is 11.9 Å². The van der Waals surface area contributed by atoms with Gasteiger partial charge in [0.2, 0.25) is 5.95 Å². The predicted octanol–water partition coefficient (Wildman–Crippen LogP) is 4.38. The first-order chi connectivity index (χ1) is 14.5. The summed E-state index contributed by atoms with van der Waals surface area (Å²) in [5.74, 6) is -1.90. The van der Waals surface area contributed by atoms with Gasteiger partial charge in [-0.3, -0.25) is 4.79 Å². The Morgan fingerprint density at radius 2 is 2.00 bits per heavy atom. The van der Waals surface area contributed by atoms with Crippen molar-refractivity contribution < 1.29 is 26.7 Å². The van der Waals surface area contributed by atoms with Crippen LogP contribution < -0.4 is 5.32 Å². The van der Waals surface area contributed by atoms with Crippen molar-refractivity contribution in [2.45, 2.75) is 38.0 Å². The van der Waals surface area contributed by atoms with Gasteiger partial charge >= 0.3 is 6.18 Å². The van der Waals surface area contributed by atoms with Gasteiger partial charge in [-0.2, -0.15) is 17.6 Å². The van der Waals surface area contributed by atoms with E-state index in [4.69, 9.17) is 0 Å². The molecule has 0 spiro atoms. The molecule has 4 rings (SSSR count). The number of hydrogen-bond donors (Lipinski definition) is 2. The van der Waals surface area contributed by atoms with E-state index in [1.54, 1.807) is 0 Å². The van der Waals surface area contributed by atoms with E-state index in [-0.39, 0.29) is 33.9 Å². The van der Waals surface area contributed by atoms with Crippen LogP contribution in [0.4, 0.5) is 27.8 Å². The van der Waals surface area contributed by atoms with Crippen LogP contribution in [0.5, 0.6) is 0 Å². The van der Waals surface area contributed by atoms with Crippen molar-refractivity contribution in [3.63, 3.8) is 0 Å². The monoisotopic (exact) mass is 439 g/mol. The van der Waals surface area contributed by atoms with Crippen molar-refractivity contribution >= 4 is 22.6 Å². The first-order valence-electron chi connectivity index (χ1n) is 9.54. The molecule has 0 amide bonds. The molecule has 0 aromatic carbocycles. The molecule has 1 fully saturated rings. The number of pyridine rings is 1. The highest BCUT2D eigenvalue weighted by molar-refractivity contribution is 6.17. The van der Waals surface area contributed by atoms with Crippen LogP contribution in [0, 0.1) is 11.9 Å². The van der Waals surface area contributed by atoms with Crippen LogP contribution in [0.1, 0.15) is 41.4 Å². The lowest BCUT2D eigenvalue weighted by Crippen LogP contribution is -2.37. The molecule has 3 aromatic heterocycles. The summed E-state index contributed by atoms with van der Waals surface area (Å²) in [6.45, 7) is 0.156. The first kappa shape index (κ1) is 21.1. The zero-order valence-corrected chi connectivity index (χ0v) is 16.4. The van der Waals surface area contributed by atoms with Crippen molar-refractivity contribution in [1.29, 1.82) is 0 Å². The zero-order valence-electron chi connectivity index (χ0n) is 16.4. The summed E-state index contributed by atoms with van der Waals surface area (Å²) in [6.07, 6.45) is -1.06. The van der Waals surface area contributed by atoms with Gasteiger partial charge < -0.3 is 10.3 Å². The van der Waals surface area contributed by atoms with Gasteiger partial charge in [-0.05, 0) is 44.2 Å². The molecule has 0 radical (unpaired) electrons. The van der Waals surface area contributed by atoms with Crippen molar-refractivity contribution in [1.82, 2.24) is 19.9 Å². The Balaban J connectivity index is 1.59. The Hall–Kier alpha value is -3.11. The second-order valence-corrected chi connectivity index (χ2v) is 7.98. The van der Waals surface area contributed by atoms with E-state index < -0.39 is 30.1 Å². The minimum absolute atomic E-state index is 0.0249. The highest BCUT2D eigenvalue weighted by Crippen LogP contribution is 2.42. The molecule has 1 aliphatic rings. The number of carbonyl (C=O) groups excluding carboxylic acids is 1. The van der Waals surface area contributed by atoms with Crippen LogP contribution >= 0.6 is 0 Å². The third-order valence-corrected chi connectivity index (χ3v) is 5.25. The summed E-state index contributed by atoms with van der Waals surface area (Å²) in [5, 5.41) is 2.16. The molecule has 0 saturated heterocycles. The van der Waals surface area contributed by atoms with Gasteiger partial charge in [0, 0.05) is 11.9 Å². The van der Waals surface area contributed by atoms with Gasteiger partial charge in [0.1, 0.15) is 30.0 Å². The third kappa shape index (κ3) is 4.49. The number of carbonyl (C=O) groups is 1. The van der Waals surface area contributed by atoms with E-state index in [1.807, 2.05) is 0 Å². The normalized spacial score (nSPS) is 21.2. The van der Waals surface area contributed by atoms with Crippen LogP contribution in [0.15, 0.2) is 24.7 Å². The number of nitrogens with one attached hydrogen (secondary N) is 2. The Bertz CT molecular complexity index is 1130. The van der Waals surface area contributed by atoms with E-state index in [0.29, 0.717) is 25.0 Å². The van der Waals surface area contributed by atoms with E-state index >= 15 is 0 Å². The van der Waals surface area contributed by atoms with Crippen LogP contribution in [0.25, 0.3) is 11.0 Å². The molecule has 1 aliphatic carbocycles. The lowest BCUT2D eigenvalue weighted by atomic mass is 9.71. The highest BCUT2D eigenvalue weighted by atomic mass is 19.4. The van der Waals surface area contributed by atoms with Gasteiger partial charge in [-0.15, -0.1) is 0 Å². The van der Waals surface area contributed by atoms with Crippen LogP contribution in [0.2, 0.25) is 0 Å². The van der Waals surface area contributed by atoms with Gasteiger partial charge in [-0.1, -0.05) is 0 Å². The molecule has 164 valence electrons. The molecule has 3 heterocycles. The molecule has 0 atom stereocenters. The van der Waals surface area contributed by atoms with E-state index in [9.17, 15) is 26.7 Å². The number of anilines is 1. The quantitative estimate of drug-likeness (QED) is 0.338. The van der Waals surface area contributed by atoms with Crippen molar-refractivity contribution in [3.8, 4) is 0 Å². The summed E-state index contributed by atoms with van der Waals surface area (Å²) >= 11 is 0. The third-order valence-electron chi connectivity index (χ3n) is 5.25. The number of H-pyrrole nitrogens is 1. The second kappa shape index (κ2) is 7.54. The number of aromatic amines is 1. The molecule has 0 unspecified atom stereocenters. The number of rotatable bonds is 6. The van der Waals surface area contributed by atoms with Gasteiger partial charge in [0.15, 0.2) is 5.78 Å². The molecule has 6 nitrogen and oxygen atoms in total. The van der Waals surface area contributed by atoms with Crippen molar-refractivity contribution in [3.05, 3.63) is 47.4 Å². The molecule has 3 aromatic rings. The average Bonchev–Trinajstić information content (AvgIpc) is 3.08. The number of halogens is 5. The Morgan fingerprint density at radius 1 is 1.26 bits per heavy atom. The molecular weight excluding hydrogens is 421 g/mol. The smallest absolute Gasteiger partial charge is 0.360 e. The first-order valence-corrected chi connectivity index (χ1v) is 9.54. The van der Waals surface area contributed by atoms with Gasteiger partial charge in [0.25, 0.3) is 0 Å². The Morgan fingerprint density at radius 3 is 2.65 bits per heavy atom. The predicted molar refractivity (Wildman–Crippen MR) is 102 cm³/mol. The molecular formula is C20H18F5N5O. The van der Waals surface area contributed by atoms with Crippen LogP contribution in [-0.2, 0) is 6.42 Å². The van der Waals surface area contributed by atoms with Crippen LogP contribution in [0.3, 0.4) is 0 Å². The fraction of sp³-hybridized carbons (Fsp3) is 0.400. The fourth-order valence-electron chi connectivity index (χ4n) is 3.94. The number of hydrogen-bond acceptors (Lipinski definition) is 5.